The van der Waals surface area contributed by atoms with Gasteiger partial charge in [-0.05, 0) is 95.8 Å². The summed E-state index contributed by atoms with van der Waals surface area (Å²) in [6, 6.07) is 1.97. The van der Waals surface area contributed by atoms with Gasteiger partial charge in [0.25, 0.3) is 0 Å². The number of allylic oxidation sites excluding steroid dienone is 3. The molecule has 0 bridgehead atoms. The fourth-order valence-electron chi connectivity index (χ4n) is 3.63. The van der Waals surface area contributed by atoms with Crippen LogP contribution < -0.4 is 0 Å². The van der Waals surface area contributed by atoms with Gasteiger partial charge in [0.2, 0.25) is 0 Å². The minimum Gasteiger partial charge on any atom is -0.504 e. The highest BCUT2D eigenvalue weighted by Crippen LogP contribution is 2.26. The Kier molecular flexibility index (Phi) is 8.97. The molecule has 1 unspecified atom stereocenters. The zero-order chi connectivity index (χ0) is 22.1. The van der Waals surface area contributed by atoms with E-state index >= 15 is 0 Å². The number of rotatable bonds is 12. The number of aliphatic hydroxyl groups excluding tert-OH is 1. The summed E-state index contributed by atoms with van der Waals surface area (Å²) >= 11 is 0. The molecule has 5 heteroatoms. The normalized spacial score (nSPS) is 19.3. The van der Waals surface area contributed by atoms with Crippen molar-refractivity contribution in [1.82, 2.24) is 0 Å². The van der Waals surface area contributed by atoms with Crippen LogP contribution in [0.2, 0.25) is 0 Å². The molecule has 0 aliphatic carbocycles. The number of aryl methyl sites for hydroxylation is 1. The summed E-state index contributed by atoms with van der Waals surface area (Å²) in [5, 5.41) is 20.5. The van der Waals surface area contributed by atoms with Gasteiger partial charge in [-0.1, -0.05) is 18.6 Å². The minimum atomic E-state index is -0.645. The van der Waals surface area contributed by atoms with Crippen molar-refractivity contribution >= 4 is 5.97 Å². The number of aliphatic hydroxyl groups is 2. The van der Waals surface area contributed by atoms with Crippen molar-refractivity contribution in [3.05, 3.63) is 59.0 Å². The molecule has 0 amide bonds. The molecule has 166 valence electrons. The largest absolute Gasteiger partial charge is 0.504 e. The van der Waals surface area contributed by atoms with Crippen molar-refractivity contribution in [3.8, 4) is 0 Å². The lowest BCUT2D eigenvalue weighted by Crippen LogP contribution is -2.23. The second kappa shape index (κ2) is 11.2. The van der Waals surface area contributed by atoms with Crippen LogP contribution in [0.5, 0.6) is 0 Å². The second-order valence-corrected chi connectivity index (χ2v) is 8.83. The summed E-state index contributed by atoms with van der Waals surface area (Å²) in [5.74, 6) is -0.0151. The van der Waals surface area contributed by atoms with E-state index in [1.54, 1.807) is 19.5 Å². The molecular weight excluding hydrogens is 380 g/mol. The number of esters is 1. The molecule has 0 radical (unpaired) electrons. The summed E-state index contributed by atoms with van der Waals surface area (Å²) in [6.07, 6.45) is 14.8. The van der Waals surface area contributed by atoms with E-state index in [9.17, 15) is 15.0 Å². The van der Waals surface area contributed by atoms with Gasteiger partial charge in [0.05, 0.1) is 23.7 Å². The maximum absolute atomic E-state index is 11.5. The van der Waals surface area contributed by atoms with Crippen LogP contribution in [0.1, 0.15) is 78.2 Å². The van der Waals surface area contributed by atoms with Crippen molar-refractivity contribution in [1.29, 1.82) is 0 Å². The van der Waals surface area contributed by atoms with E-state index in [0.717, 1.165) is 51.4 Å². The number of ether oxygens (including phenoxy) is 1. The number of carbonyl (C=O) groups excluding carboxylic acids is 1. The van der Waals surface area contributed by atoms with Gasteiger partial charge >= 0.3 is 5.97 Å². The molecule has 1 aliphatic rings. The van der Waals surface area contributed by atoms with Crippen LogP contribution in [0.4, 0.5) is 0 Å². The summed E-state index contributed by atoms with van der Waals surface area (Å²) in [4.78, 5) is 11.5. The molecule has 2 rings (SSSR count). The van der Waals surface area contributed by atoms with Gasteiger partial charge < -0.3 is 19.4 Å². The standard InChI is InChI=1S/C25H36O5/c1-18(8-5-9-19(2)16-22-23(26)20(3)24(27)30-22)10-6-13-25(4,28)14-7-11-21-12-15-29-17-21/h10,12,15-17,19,26,28H,5-9,11,13-14H2,1-4H3/b18-10+,22-16+/t19-,25?/m1/s1. The van der Waals surface area contributed by atoms with E-state index in [1.807, 2.05) is 19.1 Å². The number of carbonyl (C=O) groups is 1. The third-order valence-electron chi connectivity index (χ3n) is 5.70. The molecule has 2 atom stereocenters. The Morgan fingerprint density at radius 2 is 2.07 bits per heavy atom. The molecule has 5 nitrogen and oxygen atoms in total. The number of furan rings is 1. The molecule has 1 aromatic heterocycles. The van der Waals surface area contributed by atoms with Crippen molar-refractivity contribution in [3.63, 3.8) is 0 Å². The van der Waals surface area contributed by atoms with Crippen LogP contribution in [0.25, 0.3) is 0 Å². The first-order valence-corrected chi connectivity index (χ1v) is 10.9. The van der Waals surface area contributed by atoms with Crippen molar-refractivity contribution in [2.45, 2.75) is 84.7 Å². The van der Waals surface area contributed by atoms with Gasteiger partial charge in [-0.3, -0.25) is 0 Å². The Balaban J connectivity index is 1.64. The van der Waals surface area contributed by atoms with E-state index in [-0.39, 0.29) is 23.0 Å². The maximum atomic E-state index is 11.5. The number of hydrogen-bond donors (Lipinski definition) is 2. The summed E-state index contributed by atoms with van der Waals surface area (Å²) in [7, 11) is 0. The lowest BCUT2D eigenvalue weighted by molar-refractivity contribution is -0.133. The van der Waals surface area contributed by atoms with E-state index < -0.39 is 11.6 Å². The fraction of sp³-hybridized carbons (Fsp3) is 0.560. The average Bonchev–Trinajstić information content (AvgIpc) is 3.26. The van der Waals surface area contributed by atoms with Crippen molar-refractivity contribution < 1.29 is 24.2 Å². The lowest BCUT2D eigenvalue weighted by Gasteiger charge is -2.22. The Morgan fingerprint density at radius 3 is 2.70 bits per heavy atom. The third-order valence-corrected chi connectivity index (χ3v) is 5.70. The van der Waals surface area contributed by atoms with Gasteiger partial charge in [0.15, 0.2) is 11.5 Å². The summed E-state index contributed by atoms with van der Waals surface area (Å²) in [6.45, 7) is 7.67. The summed E-state index contributed by atoms with van der Waals surface area (Å²) < 4.78 is 10.2. The van der Waals surface area contributed by atoms with Gasteiger partial charge in [-0.15, -0.1) is 0 Å². The first kappa shape index (κ1) is 24.0. The second-order valence-electron chi connectivity index (χ2n) is 8.83. The van der Waals surface area contributed by atoms with Crippen LogP contribution >= 0.6 is 0 Å². The van der Waals surface area contributed by atoms with E-state index in [2.05, 4.69) is 19.9 Å². The predicted octanol–water partition coefficient (Wildman–Crippen LogP) is 6.16. The SMILES string of the molecule is CC1=C(O)/C(=C\[C@H](C)CCC/C(C)=C/CCC(C)(O)CCCc2ccoc2)OC1=O. The Labute approximate surface area is 180 Å². The lowest BCUT2D eigenvalue weighted by atomic mass is 9.92. The van der Waals surface area contributed by atoms with E-state index in [0.29, 0.717) is 0 Å². The first-order valence-electron chi connectivity index (χ1n) is 10.9. The van der Waals surface area contributed by atoms with Crippen LogP contribution in [0.3, 0.4) is 0 Å². The van der Waals surface area contributed by atoms with Crippen LogP contribution in [-0.4, -0.2) is 21.8 Å². The van der Waals surface area contributed by atoms with Gasteiger partial charge in [-0.2, -0.15) is 0 Å². The molecule has 0 aromatic carbocycles. The highest BCUT2D eigenvalue weighted by atomic mass is 16.6. The van der Waals surface area contributed by atoms with Crippen molar-refractivity contribution in [2.24, 2.45) is 5.92 Å². The predicted molar refractivity (Wildman–Crippen MR) is 118 cm³/mol. The van der Waals surface area contributed by atoms with Crippen LogP contribution in [0, 0.1) is 5.92 Å². The average molecular weight is 417 g/mol. The Morgan fingerprint density at radius 1 is 1.30 bits per heavy atom. The molecule has 1 aliphatic heterocycles. The molecular formula is C25H36O5. The molecule has 30 heavy (non-hydrogen) atoms. The maximum Gasteiger partial charge on any atom is 0.343 e. The fourth-order valence-corrected chi connectivity index (χ4v) is 3.63. The monoisotopic (exact) mass is 416 g/mol. The zero-order valence-electron chi connectivity index (χ0n) is 18.7. The van der Waals surface area contributed by atoms with Gasteiger partial charge in [-0.25, -0.2) is 4.79 Å². The van der Waals surface area contributed by atoms with Crippen LogP contribution in [0.15, 0.2) is 57.8 Å². The smallest absolute Gasteiger partial charge is 0.343 e. The minimum absolute atomic E-state index is 0.0419. The zero-order valence-corrected chi connectivity index (χ0v) is 18.7. The molecule has 2 N–H and O–H groups in total. The quantitative estimate of drug-likeness (QED) is 0.315. The summed E-state index contributed by atoms with van der Waals surface area (Å²) in [5.41, 5.74) is 2.13. The van der Waals surface area contributed by atoms with Gasteiger partial charge in [0.1, 0.15) is 0 Å². The van der Waals surface area contributed by atoms with E-state index in [1.165, 1.54) is 11.1 Å². The van der Waals surface area contributed by atoms with Crippen LogP contribution in [-0.2, 0) is 16.0 Å². The van der Waals surface area contributed by atoms with Gasteiger partial charge in [0, 0.05) is 0 Å². The highest BCUT2D eigenvalue weighted by molar-refractivity contribution is 5.93. The first-order chi connectivity index (χ1) is 14.2. The number of cyclic esters (lactones) is 1. The molecule has 0 spiro atoms. The topological polar surface area (TPSA) is 79.9 Å². The molecule has 1 aromatic rings. The molecule has 0 saturated carbocycles. The molecule has 0 saturated heterocycles. The van der Waals surface area contributed by atoms with Crippen molar-refractivity contribution in [2.75, 3.05) is 0 Å². The van der Waals surface area contributed by atoms with E-state index in [4.69, 9.17) is 9.15 Å². The third kappa shape index (κ3) is 7.86. The number of hydrogen-bond acceptors (Lipinski definition) is 5. The Hall–Kier alpha value is -2.27. The Bertz CT molecular complexity index is 780. The molecule has 0 fully saturated rings. The molecule has 2 heterocycles. The highest BCUT2D eigenvalue weighted by Gasteiger charge is 2.26.